The first-order valence-electron chi connectivity index (χ1n) is 9.29. The Balaban J connectivity index is 1.37. The zero-order valence-corrected chi connectivity index (χ0v) is 17.2. The highest BCUT2D eigenvalue weighted by Crippen LogP contribution is 2.36. The predicted octanol–water partition coefficient (Wildman–Crippen LogP) is 4.18. The number of benzene rings is 1. The molecule has 1 aliphatic heterocycles. The van der Waals surface area contributed by atoms with E-state index in [1.54, 1.807) is 12.1 Å². The van der Waals surface area contributed by atoms with Gasteiger partial charge in [0.05, 0.1) is 6.54 Å². The van der Waals surface area contributed by atoms with E-state index in [-0.39, 0.29) is 11.7 Å². The lowest BCUT2D eigenvalue weighted by molar-refractivity contribution is 0.0950. The number of amides is 1. The highest BCUT2D eigenvalue weighted by molar-refractivity contribution is 7.13. The molecule has 5 nitrogen and oxygen atoms in total. The van der Waals surface area contributed by atoms with Crippen molar-refractivity contribution in [3.05, 3.63) is 67.5 Å². The molecule has 0 radical (unpaired) electrons. The molecule has 1 aliphatic rings. The first-order valence-corrected chi connectivity index (χ1v) is 11.0. The molecule has 1 atom stereocenters. The second kappa shape index (κ2) is 8.46. The van der Waals surface area contributed by atoms with Crippen molar-refractivity contribution in [3.63, 3.8) is 0 Å². The first kappa shape index (κ1) is 19.2. The van der Waals surface area contributed by atoms with Crippen molar-refractivity contribution in [2.75, 3.05) is 6.54 Å². The molecule has 28 heavy (non-hydrogen) atoms. The molecule has 8 heteroatoms. The standard InChI is InChI=1S/C20H21FN4OS2/c1-2-16-15-8-10-27-17(15)7-9-25(16)12-18-23-24-20(28-18)19(26)22-11-13-3-5-14(21)6-4-13/h3-6,8,10,16H,2,7,9,11-12H2,1H3,(H,22,26). The summed E-state index contributed by atoms with van der Waals surface area (Å²) in [6.45, 7) is 4.24. The van der Waals surface area contributed by atoms with Gasteiger partial charge in [0.25, 0.3) is 5.91 Å². The van der Waals surface area contributed by atoms with Crippen molar-refractivity contribution in [1.29, 1.82) is 0 Å². The van der Waals surface area contributed by atoms with Crippen molar-refractivity contribution < 1.29 is 9.18 Å². The van der Waals surface area contributed by atoms with E-state index >= 15 is 0 Å². The maximum absolute atomic E-state index is 13.0. The molecule has 0 fully saturated rings. The van der Waals surface area contributed by atoms with Crippen LogP contribution in [0.5, 0.6) is 0 Å². The molecular formula is C20H21FN4OS2. The van der Waals surface area contributed by atoms with Gasteiger partial charge in [0.1, 0.15) is 10.8 Å². The van der Waals surface area contributed by atoms with Gasteiger partial charge in [-0.2, -0.15) is 0 Å². The van der Waals surface area contributed by atoms with Crippen LogP contribution in [0.15, 0.2) is 35.7 Å². The molecule has 0 saturated carbocycles. The Morgan fingerprint density at radius 2 is 2.11 bits per heavy atom. The summed E-state index contributed by atoms with van der Waals surface area (Å²) in [5.74, 6) is -0.541. The Labute approximate surface area is 171 Å². The average molecular weight is 417 g/mol. The van der Waals surface area contributed by atoms with Gasteiger partial charge in [0, 0.05) is 24.0 Å². The van der Waals surface area contributed by atoms with Gasteiger partial charge >= 0.3 is 0 Å². The third kappa shape index (κ3) is 4.14. The van der Waals surface area contributed by atoms with Gasteiger partial charge in [-0.3, -0.25) is 9.69 Å². The van der Waals surface area contributed by atoms with E-state index < -0.39 is 0 Å². The van der Waals surface area contributed by atoms with Gasteiger partial charge in [0.2, 0.25) is 5.01 Å². The molecule has 0 saturated heterocycles. The number of rotatable bonds is 6. The second-order valence-electron chi connectivity index (χ2n) is 6.75. The molecular weight excluding hydrogens is 395 g/mol. The van der Waals surface area contributed by atoms with Crippen LogP contribution in [0.3, 0.4) is 0 Å². The largest absolute Gasteiger partial charge is 0.346 e. The third-order valence-electron chi connectivity index (χ3n) is 4.96. The lowest BCUT2D eigenvalue weighted by atomic mass is 9.98. The van der Waals surface area contributed by atoms with Crippen molar-refractivity contribution in [2.45, 2.75) is 38.9 Å². The van der Waals surface area contributed by atoms with E-state index in [1.165, 1.54) is 33.9 Å². The molecule has 3 aromatic rings. The summed E-state index contributed by atoms with van der Waals surface area (Å²) in [4.78, 5) is 16.3. The maximum atomic E-state index is 13.0. The molecule has 4 rings (SSSR count). The Kier molecular flexibility index (Phi) is 5.79. The molecule has 1 unspecified atom stereocenters. The number of halogens is 1. The van der Waals surface area contributed by atoms with E-state index in [0.717, 1.165) is 30.0 Å². The van der Waals surface area contributed by atoms with Crippen LogP contribution >= 0.6 is 22.7 Å². The summed E-state index contributed by atoms with van der Waals surface area (Å²) < 4.78 is 13.0. The fourth-order valence-corrected chi connectivity index (χ4v) is 5.27. The van der Waals surface area contributed by atoms with Crippen LogP contribution in [0.25, 0.3) is 0 Å². The number of aromatic nitrogens is 2. The highest BCUT2D eigenvalue weighted by atomic mass is 32.1. The number of hydrogen-bond donors (Lipinski definition) is 1. The lowest BCUT2D eigenvalue weighted by Crippen LogP contribution is -2.33. The van der Waals surface area contributed by atoms with Crippen LogP contribution in [-0.4, -0.2) is 27.5 Å². The second-order valence-corrected chi connectivity index (χ2v) is 8.82. The van der Waals surface area contributed by atoms with Crippen LogP contribution < -0.4 is 5.32 Å². The number of nitrogens with zero attached hydrogens (tertiary/aromatic N) is 3. The Morgan fingerprint density at radius 3 is 2.89 bits per heavy atom. The van der Waals surface area contributed by atoms with Gasteiger partial charge in [-0.05, 0) is 47.5 Å². The Hall–Kier alpha value is -2.16. The number of carbonyl (C=O) groups excluding carboxylic acids is 1. The minimum atomic E-state index is -0.290. The zero-order chi connectivity index (χ0) is 19.5. The van der Waals surface area contributed by atoms with Crippen LogP contribution in [0, 0.1) is 5.82 Å². The van der Waals surface area contributed by atoms with Crippen molar-refractivity contribution in [3.8, 4) is 0 Å². The molecule has 0 aliphatic carbocycles. The van der Waals surface area contributed by atoms with E-state index in [4.69, 9.17) is 0 Å². The summed E-state index contributed by atoms with van der Waals surface area (Å²) in [7, 11) is 0. The number of thiophene rings is 1. The monoisotopic (exact) mass is 416 g/mol. The fraction of sp³-hybridized carbons (Fsp3) is 0.350. The van der Waals surface area contributed by atoms with E-state index in [9.17, 15) is 9.18 Å². The summed E-state index contributed by atoms with van der Waals surface area (Å²) in [5, 5.41) is 14.5. The van der Waals surface area contributed by atoms with Gasteiger partial charge in [-0.25, -0.2) is 4.39 Å². The number of carbonyl (C=O) groups is 1. The average Bonchev–Trinajstić information content (AvgIpc) is 3.36. The minimum absolute atomic E-state index is 0.251. The van der Waals surface area contributed by atoms with Crippen LogP contribution in [0.2, 0.25) is 0 Å². The minimum Gasteiger partial charge on any atom is -0.346 e. The van der Waals surface area contributed by atoms with Gasteiger partial charge in [-0.15, -0.1) is 21.5 Å². The van der Waals surface area contributed by atoms with Crippen molar-refractivity contribution >= 4 is 28.6 Å². The van der Waals surface area contributed by atoms with Crippen molar-refractivity contribution in [1.82, 2.24) is 20.4 Å². The van der Waals surface area contributed by atoms with Gasteiger partial charge in [-0.1, -0.05) is 30.4 Å². The van der Waals surface area contributed by atoms with Crippen LogP contribution in [0.1, 0.15) is 50.2 Å². The molecule has 1 aromatic carbocycles. The summed E-state index contributed by atoms with van der Waals surface area (Å²) in [5.41, 5.74) is 2.27. The Morgan fingerprint density at radius 1 is 1.29 bits per heavy atom. The molecule has 2 aromatic heterocycles. The molecule has 1 amide bonds. The smallest absolute Gasteiger partial charge is 0.282 e. The summed E-state index contributed by atoms with van der Waals surface area (Å²) >= 11 is 3.17. The maximum Gasteiger partial charge on any atom is 0.282 e. The van der Waals surface area contributed by atoms with Crippen molar-refractivity contribution in [2.24, 2.45) is 0 Å². The van der Waals surface area contributed by atoms with E-state index in [2.05, 4.69) is 38.8 Å². The SMILES string of the molecule is CCC1c2ccsc2CCN1Cc1nnc(C(=O)NCc2ccc(F)cc2)s1. The summed E-state index contributed by atoms with van der Waals surface area (Å²) in [6.07, 6.45) is 2.11. The molecule has 3 heterocycles. The zero-order valence-electron chi connectivity index (χ0n) is 15.5. The Bertz CT molecular complexity index is 953. The predicted molar refractivity (Wildman–Crippen MR) is 109 cm³/mol. The first-order chi connectivity index (χ1) is 13.6. The third-order valence-corrected chi connectivity index (χ3v) is 6.86. The van der Waals surface area contributed by atoms with E-state index in [1.807, 2.05) is 11.3 Å². The molecule has 146 valence electrons. The topological polar surface area (TPSA) is 58.1 Å². The molecule has 0 bridgehead atoms. The van der Waals surface area contributed by atoms with Crippen LogP contribution in [-0.2, 0) is 19.5 Å². The molecule has 1 N–H and O–H groups in total. The number of nitrogens with one attached hydrogen (secondary N) is 1. The van der Waals surface area contributed by atoms with Gasteiger partial charge < -0.3 is 5.32 Å². The quantitative estimate of drug-likeness (QED) is 0.655. The number of hydrogen-bond acceptors (Lipinski definition) is 6. The molecule has 0 spiro atoms. The van der Waals surface area contributed by atoms with Crippen LogP contribution in [0.4, 0.5) is 4.39 Å². The fourth-order valence-electron chi connectivity index (χ4n) is 3.56. The highest BCUT2D eigenvalue weighted by Gasteiger charge is 2.28. The lowest BCUT2D eigenvalue weighted by Gasteiger charge is -2.34. The van der Waals surface area contributed by atoms with E-state index in [0.29, 0.717) is 24.1 Å². The number of fused-ring (bicyclic) bond motifs is 1. The van der Waals surface area contributed by atoms with Gasteiger partial charge in [0.15, 0.2) is 0 Å². The normalized spacial score (nSPS) is 16.7. The summed E-state index contributed by atoms with van der Waals surface area (Å²) in [6, 6.07) is 8.70.